The Bertz CT molecular complexity index is 627. The van der Waals surface area contributed by atoms with E-state index >= 15 is 0 Å². The summed E-state index contributed by atoms with van der Waals surface area (Å²) in [6.45, 7) is 2.16. The van der Waals surface area contributed by atoms with Crippen LogP contribution in [0.2, 0.25) is 5.02 Å². The maximum absolute atomic E-state index is 5.97. The quantitative estimate of drug-likeness (QED) is 0.826. The van der Waals surface area contributed by atoms with Gasteiger partial charge in [-0.05, 0) is 42.4 Å². The van der Waals surface area contributed by atoms with Crippen molar-refractivity contribution in [2.24, 2.45) is 0 Å². The summed E-state index contributed by atoms with van der Waals surface area (Å²) in [6, 6.07) is 18.3. The fraction of sp³-hybridized carbons (Fsp3) is 0.188. The maximum atomic E-state index is 5.97. The van der Waals surface area contributed by atoms with Gasteiger partial charge in [0, 0.05) is 5.02 Å². The van der Waals surface area contributed by atoms with Gasteiger partial charge in [0.2, 0.25) is 0 Å². The van der Waals surface area contributed by atoms with E-state index in [4.69, 9.17) is 23.8 Å². The second-order valence-corrected chi connectivity index (χ2v) is 6.00. The first-order chi connectivity index (χ1) is 9.59. The summed E-state index contributed by atoms with van der Waals surface area (Å²) in [5.41, 5.74) is 2.09. The lowest BCUT2D eigenvalue weighted by atomic mass is 9.82. The first-order valence-corrected chi connectivity index (χ1v) is 7.28. The molecule has 2 atom stereocenters. The molecule has 0 aliphatic carbocycles. The minimum absolute atomic E-state index is 0.0784. The Hall–Kier alpha value is -1.58. The van der Waals surface area contributed by atoms with Crippen molar-refractivity contribution in [2.75, 3.05) is 0 Å². The number of nitrogens with one attached hydrogen (secondary N) is 2. The molecule has 0 aromatic heterocycles. The molecule has 0 radical (unpaired) electrons. The fourth-order valence-electron chi connectivity index (χ4n) is 2.71. The normalized spacial score (nSPS) is 25.1. The van der Waals surface area contributed by atoms with Crippen LogP contribution in [-0.2, 0) is 5.54 Å². The van der Waals surface area contributed by atoms with Crippen LogP contribution in [0.1, 0.15) is 24.1 Å². The number of halogens is 1. The second-order valence-electron chi connectivity index (χ2n) is 5.15. The van der Waals surface area contributed by atoms with Gasteiger partial charge in [-0.3, -0.25) is 0 Å². The average Bonchev–Trinajstić information content (AvgIpc) is 2.77. The molecule has 1 aliphatic rings. The van der Waals surface area contributed by atoms with Crippen LogP contribution in [0.5, 0.6) is 0 Å². The lowest BCUT2D eigenvalue weighted by molar-refractivity contribution is 0.379. The average molecular weight is 303 g/mol. The van der Waals surface area contributed by atoms with Crippen molar-refractivity contribution in [3.05, 3.63) is 70.7 Å². The first-order valence-electron chi connectivity index (χ1n) is 6.49. The summed E-state index contributed by atoms with van der Waals surface area (Å²) in [5.74, 6) is 0. The highest BCUT2D eigenvalue weighted by molar-refractivity contribution is 7.80. The van der Waals surface area contributed by atoms with Crippen molar-refractivity contribution >= 4 is 28.9 Å². The Morgan fingerprint density at radius 2 is 1.70 bits per heavy atom. The molecule has 1 fully saturated rings. The number of thiocarbonyl (C=S) groups is 1. The minimum atomic E-state index is -0.272. The molecule has 2 aromatic rings. The van der Waals surface area contributed by atoms with Gasteiger partial charge in [0.05, 0.1) is 11.6 Å². The zero-order valence-electron chi connectivity index (χ0n) is 11.1. The molecule has 1 heterocycles. The van der Waals surface area contributed by atoms with Gasteiger partial charge in [-0.15, -0.1) is 0 Å². The molecule has 4 heteroatoms. The number of benzene rings is 2. The molecule has 0 spiro atoms. The number of hydrogen-bond acceptors (Lipinski definition) is 1. The van der Waals surface area contributed by atoms with E-state index in [2.05, 4.69) is 29.7 Å². The summed E-state index contributed by atoms with van der Waals surface area (Å²) >= 11 is 11.3. The Kier molecular flexibility index (Phi) is 3.40. The molecule has 1 aliphatic heterocycles. The molecule has 2 unspecified atom stereocenters. The zero-order chi connectivity index (χ0) is 14.2. The van der Waals surface area contributed by atoms with Crippen LogP contribution in [0.15, 0.2) is 54.6 Å². The van der Waals surface area contributed by atoms with Crippen molar-refractivity contribution in [3.63, 3.8) is 0 Å². The minimum Gasteiger partial charge on any atom is -0.353 e. The third kappa shape index (κ3) is 2.28. The Balaban J connectivity index is 2.04. The van der Waals surface area contributed by atoms with Crippen LogP contribution >= 0.6 is 23.8 Å². The molecular weight excluding hydrogens is 288 g/mol. The first kappa shape index (κ1) is 13.4. The Labute approximate surface area is 129 Å². The fourth-order valence-corrected chi connectivity index (χ4v) is 3.17. The van der Waals surface area contributed by atoms with Gasteiger partial charge in [0.15, 0.2) is 5.11 Å². The lowest BCUT2D eigenvalue weighted by Crippen LogP contribution is -2.38. The third-order valence-corrected chi connectivity index (χ3v) is 4.27. The van der Waals surface area contributed by atoms with Crippen LogP contribution in [0.25, 0.3) is 0 Å². The van der Waals surface area contributed by atoms with Gasteiger partial charge < -0.3 is 10.6 Å². The molecule has 102 valence electrons. The summed E-state index contributed by atoms with van der Waals surface area (Å²) in [4.78, 5) is 0. The van der Waals surface area contributed by atoms with Gasteiger partial charge in [-0.25, -0.2) is 0 Å². The maximum Gasteiger partial charge on any atom is 0.167 e. The van der Waals surface area contributed by atoms with Crippen molar-refractivity contribution in [2.45, 2.75) is 18.5 Å². The molecule has 0 saturated carbocycles. The third-order valence-electron chi connectivity index (χ3n) is 3.80. The van der Waals surface area contributed by atoms with Crippen molar-refractivity contribution < 1.29 is 0 Å². The van der Waals surface area contributed by atoms with E-state index in [1.54, 1.807) is 0 Å². The van der Waals surface area contributed by atoms with Crippen LogP contribution in [-0.4, -0.2) is 5.11 Å². The van der Waals surface area contributed by atoms with Crippen LogP contribution < -0.4 is 10.6 Å². The van der Waals surface area contributed by atoms with Crippen molar-refractivity contribution in [1.82, 2.24) is 10.6 Å². The second kappa shape index (κ2) is 5.08. The van der Waals surface area contributed by atoms with E-state index in [-0.39, 0.29) is 11.6 Å². The highest BCUT2D eigenvalue weighted by atomic mass is 35.5. The van der Waals surface area contributed by atoms with Crippen LogP contribution in [0.3, 0.4) is 0 Å². The lowest BCUT2D eigenvalue weighted by Gasteiger charge is -2.31. The van der Waals surface area contributed by atoms with E-state index < -0.39 is 0 Å². The van der Waals surface area contributed by atoms with Gasteiger partial charge >= 0.3 is 0 Å². The predicted octanol–water partition coefficient (Wildman–Crippen LogP) is 3.77. The zero-order valence-corrected chi connectivity index (χ0v) is 12.6. The SMILES string of the molecule is CC1(c2ccccc2)NC(=S)NC1c1ccc(Cl)cc1. The molecule has 3 rings (SSSR count). The summed E-state index contributed by atoms with van der Waals surface area (Å²) in [6.07, 6.45) is 0. The Morgan fingerprint density at radius 3 is 2.35 bits per heavy atom. The summed E-state index contributed by atoms with van der Waals surface area (Å²) in [5, 5.41) is 8.17. The number of rotatable bonds is 2. The van der Waals surface area contributed by atoms with Gasteiger partial charge in [0.1, 0.15) is 0 Å². The largest absolute Gasteiger partial charge is 0.353 e. The van der Waals surface area contributed by atoms with E-state index in [1.807, 2.05) is 42.5 Å². The van der Waals surface area contributed by atoms with E-state index in [0.29, 0.717) is 5.11 Å². The van der Waals surface area contributed by atoms with Crippen molar-refractivity contribution in [1.29, 1.82) is 0 Å². The molecule has 20 heavy (non-hydrogen) atoms. The molecule has 2 nitrogen and oxygen atoms in total. The standard InChI is InChI=1S/C16H15ClN2S/c1-16(12-5-3-2-4-6-12)14(18-15(20)19-16)11-7-9-13(17)10-8-11/h2-10,14H,1H3,(H2,18,19,20). The van der Waals surface area contributed by atoms with Crippen molar-refractivity contribution in [3.8, 4) is 0 Å². The monoisotopic (exact) mass is 302 g/mol. The molecular formula is C16H15ClN2S. The van der Waals surface area contributed by atoms with E-state index in [1.165, 1.54) is 5.56 Å². The predicted molar refractivity (Wildman–Crippen MR) is 86.9 cm³/mol. The van der Waals surface area contributed by atoms with Gasteiger partial charge in [-0.2, -0.15) is 0 Å². The summed E-state index contributed by atoms with van der Waals surface area (Å²) in [7, 11) is 0. The van der Waals surface area contributed by atoms with Crippen LogP contribution in [0.4, 0.5) is 0 Å². The van der Waals surface area contributed by atoms with E-state index in [9.17, 15) is 0 Å². The molecule has 0 amide bonds. The molecule has 2 N–H and O–H groups in total. The topological polar surface area (TPSA) is 24.1 Å². The Morgan fingerprint density at radius 1 is 1.05 bits per heavy atom. The van der Waals surface area contributed by atoms with E-state index in [0.717, 1.165) is 10.6 Å². The van der Waals surface area contributed by atoms with Gasteiger partial charge in [-0.1, -0.05) is 54.1 Å². The molecule has 0 bridgehead atoms. The highest BCUT2D eigenvalue weighted by Crippen LogP contribution is 2.38. The molecule has 1 saturated heterocycles. The smallest absolute Gasteiger partial charge is 0.167 e. The number of hydrogen-bond donors (Lipinski definition) is 2. The summed E-state index contributed by atoms with van der Waals surface area (Å²) < 4.78 is 0. The highest BCUT2D eigenvalue weighted by Gasteiger charge is 2.43. The van der Waals surface area contributed by atoms with Crippen LogP contribution in [0, 0.1) is 0 Å². The molecule has 2 aromatic carbocycles. The van der Waals surface area contributed by atoms with Gasteiger partial charge in [0.25, 0.3) is 0 Å².